The smallest absolute Gasteiger partial charge is 0.186 e. The Labute approximate surface area is 148 Å². The molecule has 134 valence electrons. The summed E-state index contributed by atoms with van der Waals surface area (Å²) < 4.78 is 22.6. The predicted molar refractivity (Wildman–Crippen MR) is 92.8 cm³/mol. The second kappa shape index (κ2) is 9.08. The number of ether oxygens (including phenoxy) is 4. The van der Waals surface area contributed by atoms with E-state index in [-0.39, 0.29) is 6.10 Å². The van der Waals surface area contributed by atoms with E-state index in [0.29, 0.717) is 19.8 Å². The van der Waals surface area contributed by atoms with Crippen molar-refractivity contribution in [3.8, 4) is 0 Å². The van der Waals surface area contributed by atoms with Crippen LogP contribution < -0.4 is 0 Å². The molecule has 4 atom stereocenters. The molecule has 0 amide bonds. The molecular weight excluding hydrogens is 320 g/mol. The first-order valence-electron chi connectivity index (χ1n) is 8.41. The Morgan fingerprint density at radius 2 is 1.52 bits per heavy atom. The van der Waals surface area contributed by atoms with Gasteiger partial charge in [0.25, 0.3) is 0 Å². The van der Waals surface area contributed by atoms with Crippen LogP contribution in [0, 0.1) is 0 Å². The second-order valence-corrected chi connectivity index (χ2v) is 6.03. The third-order valence-corrected chi connectivity index (χ3v) is 4.20. The van der Waals surface area contributed by atoms with Crippen LogP contribution in [0.1, 0.15) is 11.1 Å². The van der Waals surface area contributed by atoms with Crippen LogP contribution in [-0.2, 0) is 32.2 Å². The first-order chi connectivity index (χ1) is 12.3. The molecule has 0 aliphatic carbocycles. The van der Waals surface area contributed by atoms with Crippen molar-refractivity contribution in [3.63, 3.8) is 0 Å². The van der Waals surface area contributed by atoms with E-state index in [1.165, 1.54) is 7.11 Å². The molecule has 0 spiro atoms. The summed E-state index contributed by atoms with van der Waals surface area (Å²) in [7, 11) is 1.51. The number of methoxy groups -OCH3 is 1. The van der Waals surface area contributed by atoms with E-state index in [4.69, 9.17) is 18.9 Å². The number of hydrogen-bond donors (Lipinski definition) is 1. The monoisotopic (exact) mass is 344 g/mol. The number of rotatable bonds is 8. The van der Waals surface area contributed by atoms with Gasteiger partial charge in [-0.3, -0.25) is 0 Å². The molecule has 5 heteroatoms. The van der Waals surface area contributed by atoms with Crippen LogP contribution in [0.4, 0.5) is 0 Å². The third kappa shape index (κ3) is 4.87. The number of aliphatic hydroxyl groups excluding tert-OH is 1. The highest BCUT2D eigenvalue weighted by atomic mass is 16.7. The molecule has 1 fully saturated rings. The van der Waals surface area contributed by atoms with Gasteiger partial charge >= 0.3 is 0 Å². The van der Waals surface area contributed by atoms with Crippen molar-refractivity contribution in [2.24, 2.45) is 0 Å². The SMILES string of the molecule is CO[C@H]1O[C@H](COCc2ccccc2)[C@@H](OCc2ccccc2)[C@H]1O. The Hall–Kier alpha value is -1.76. The van der Waals surface area contributed by atoms with Crippen molar-refractivity contribution in [1.29, 1.82) is 0 Å². The van der Waals surface area contributed by atoms with E-state index in [1.807, 2.05) is 60.7 Å². The van der Waals surface area contributed by atoms with E-state index in [9.17, 15) is 5.11 Å². The number of benzene rings is 2. The van der Waals surface area contributed by atoms with Gasteiger partial charge in [0.1, 0.15) is 18.3 Å². The maximum Gasteiger partial charge on any atom is 0.186 e. The van der Waals surface area contributed by atoms with Gasteiger partial charge in [0.15, 0.2) is 6.29 Å². The minimum Gasteiger partial charge on any atom is -0.385 e. The minimum atomic E-state index is -0.848. The van der Waals surface area contributed by atoms with E-state index >= 15 is 0 Å². The van der Waals surface area contributed by atoms with Crippen LogP contribution >= 0.6 is 0 Å². The molecule has 5 nitrogen and oxygen atoms in total. The van der Waals surface area contributed by atoms with Crippen LogP contribution in [0.15, 0.2) is 60.7 Å². The average Bonchev–Trinajstić information content (AvgIpc) is 2.97. The molecule has 1 aliphatic rings. The minimum absolute atomic E-state index is 0.325. The summed E-state index contributed by atoms with van der Waals surface area (Å²) in [6, 6.07) is 19.8. The quantitative estimate of drug-likeness (QED) is 0.797. The fourth-order valence-corrected chi connectivity index (χ4v) is 2.87. The Morgan fingerprint density at radius 3 is 2.12 bits per heavy atom. The van der Waals surface area contributed by atoms with Crippen molar-refractivity contribution in [3.05, 3.63) is 71.8 Å². The summed E-state index contributed by atoms with van der Waals surface area (Å²) in [6.07, 6.45) is -2.43. The highest BCUT2D eigenvalue weighted by molar-refractivity contribution is 5.14. The lowest BCUT2D eigenvalue weighted by Crippen LogP contribution is -2.37. The molecule has 0 aromatic heterocycles. The molecule has 1 heterocycles. The standard InChI is InChI=1S/C20H24O5/c1-22-20-18(21)19(24-13-16-10-6-3-7-11-16)17(25-20)14-23-12-15-8-4-2-5-9-15/h2-11,17-21H,12-14H2,1H3/t17-,18-,19-,20+/m1/s1. The van der Waals surface area contributed by atoms with Crippen LogP contribution in [0.2, 0.25) is 0 Å². The van der Waals surface area contributed by atoms with Gasteiger partial charge < -0.3 is 24.1 Å². The van der Waals surface area contributed by atoms with E-state index in [2.05, 4.69) is 0 Å². The van der Waals surface area contributed by atoms with Gasteiger partial charge in [-0.1, -0.05) is 60.7 Å². The van der Waals surface area contributed by atoms with Crippen LogP contribution in [0.3, 0.4) is 0 Å². The molecule has 1 N–H and O–H groups in total. The summed E-state index contributed by atoms with van der Waals surface area (Å²) >= 11 is 0. The number of aliphatic hydroxyl groups is 1. The molecule has 2 aromatic carbocycles. The van der Waals surface area contributed by atoms with Gasteiger partial charge in [-0.2, -0.15) is 0 Å². The van der Waals surface area contributed by atoms with Crippen molar-refractivity contribution < 1.29 is 24.1 Å². The molecule has 1 aliphatic heterocycles. The first-order valence-corrected chi connectivity index (χ1v) is 8.41. The van der Waals surface area contributed by atoms with Crippen molar-refractivity contribution >= 4 is 0 Å². The highest BCUT2D eigenvalue weighted by Gasteiger charge is 2.44. The molecule has 25 heavy (non-hydrogen) atoms. The average molecular weight is 344 g/mol. The first kappa shape index (κ1) is 18.0. The van der Waals surface area contributed by atoms with Crippen LogP contribution in [0.5, 0.6) is 0 Å². The molecule has 2 aromatic rings. The van der Waals surface area contributed by atoms with Gasteiger partial charge in [-0.15, -0.1) is 0 Å². The maximum absolute atomic E-state index is 10.4. The zero-order valence-electron chi connectivity index (χ0n) is 14.3. The molecule has 1 saturated heterocycles. The lowest BCUT2D eigenvalue weighted by molar-refractivity contribution is -0.156. The molecular formula is C20H24O5. The highest BCUT2D eigenvalue weighted by Crippen LogP contribution is 2.26. The van der Waals surface area contributed by atoms with E-state index < -0.39 is 18.5 Å². The van der Waals surface area contributed by atoms with Crippen molar-refractivity contribution in [1.82, 2.24) is 0 Å². The molecule has 0 radical (unpaired) electrons. The topological polar surface area (TPSA) is 57.2 Å². The van der Waals surface area contributed by atoms with E-state index in [1.54, 1.807) is 0 Å². The lowest BCUT2D eigenvalue weighted by atomic mass is 10.1. The zero-order valence-corrected chi connectivity index (χ0v) is 14.3. The van der Waals surface area contributed by atoms with Gasteiger partial charge in [0.05, 0.1) is 19.8 Å². The largest absolute Gasteiger partial charge is 0.385 e. The van der Waals surface area contributed by atoms with Gasteiger partial charge in [0.2, 0.25) is 0 Å². The Balaban J connectivity index is 1.55. The van der Waals surface area contributed by atoms with Crippen LogP contribution in [0.25, 0.3) is 0 Å². The summed E-state index contributed by atoms with van der Waals surface area (Å²) in [5.74, 6) is 0. The Morgan fingerprint density at radius 1 is 0.920 bits per heavy atom. The van der Waals surface area contributed by atoms with E-state index in [0.717, 1.165) is 11.1 Å². The second-order valence-electron chi connectivity index (χ2n) is 6.03. The summed E-state index contributed by atoms with van der Waals surface area (Å²) in [5.41, 5.74) is 2.13. The molecule has 0 bridgehead atoms. The van der Waals surface area contributed by atoms with Gasteiger partial charge in [0, 0.05) is 7.11 Å². The van der Waals surface area contributed by atoms with Crippen molar-refractivity contribution in [2.75, 3.05) is 13.7 Å². The third-order valence-electron chi connectivity index (χ3n) is 4.20. The summed E-state index contributed by atoms with van der Waals surface area (Å²) in [6.45, 7) is 1.21. The Kier molecular flexibility index (Phi) is 6.55. The molecule has 3 rings (SSSR count). The fraction of sp³-hybridized carbons (Fsp3) is 0.400. The maximum atomic E-state index is 10.4. The zero-order chi connectivity index (χ0) is 17.5. The normalized spacial score (nSPS) is 26.0. The number of hydrogen-bond acceptors (Lipinski definition) is 5. The summed E-state index contributed by atoms with van der Waals surface area (Å²) in [4.78, 5) is 0. The Bertz CT molecular complexity index is 618. The molecule has 0 unspecified atom stereocenters. The molecule has 0 saturated carbocycles. The van der Waals surface area contributed by atoms with Crippen molar-refractivity contribution in [2.45, 2.75) is 37.8 Å². The fourth-order valence-electron chi connectivity index (χ4n) is 2.87. The van der Waals surface area contributed by atoms with Crippen LogP contribution in [-0.4, -0.2) is 43.4 Å². The van der Waals surface area contributed by atoms with Gasteiger partial charge in [-0.25, -0.2) is 0 Å². The predicted octanol–water partition coefficient (Wildman–Crippen LogP) is 2.52. The lowest BCUT2D eigenvalue weighted by Gasteiger charge is -2.20. The van der Waals surface area contributed by atoms with Gasteiger partial charge in [-0.05, 0) is 11.1 Å². The summed E-state index contributed by atoms with van der Waals surface area (Å²) in [5, 5.41) is 10.4.